The van der Waals surface area contributed by atoms with Gasteiger partial charge in [-0.05, 0) is 32.6 Å². The molecule has 0 spiro atoms. The van der Waals surface area contributed by atoms with Gasteiger partial charge >= 0.3 is 5.97 Å². The molecule has 1 aromatic rings. The average molecular weight is 296 g/mol. The molecule has 0 saturated heterocycles. The molecule has 4 nitrogen and oxygen atoms in total. The van der Waals surface area contributed by atoms with Gasteiger partial charge in [0, 0.05) is 11.4 Å². The zero-order valence-corrected chi connectivity index (χ0v) is 13.3. The van der Waals surface area contributed by atoms with Crippen molar-refractivity contribution in [1.29, 1.82) is 0 Å². The van der Waals surface area contributed by atoms with Crippen molar-refractivity contribution >= 4 is 22.4 Å². The van der Waals surface area contributed by atoms with Crippen LogP contribution >= 0.6 is 11.3 Å². The van der Waals surface area contributed by atoms with Gasteiger partial charge in [0.25, 0.3) is 0 Å². The van der Waals surface area contributed by atoms with Crippen LogP contribution in [0.4, 0.5) is 5.13 Å². The summed E-state index contributed by atoms with van der Waals surface area (Å²) in [6, 6.07) is 0.487. The van der Waals surface area contributed by atoms with Crippen molar-refractivity contribution in [3.05, 3.63) is 11.1 Å². The summed E-state index contributed by atoms with van der Waals surface area (Å²) in [5.41, 5.74) is -0.283. The summed E-state index contributed by atoms with van der Waals surface area (Å²) >= 11 is 1.51. The average Bonchev–Trinajstić information content (AvgIpc) is 2.88. The molecule has 1 fully saturated rings. The summed E-state index contributed by atoms with van der Waals surface area (Å²) in [6.07, 6.45) is 6.26. The van der Waals surface area contributed by atoms with E-state index in [1.807, 2.05) is 5.38 Å². The first-order valence-corrected chi connectivity index (χ1v) is 8.29. The number of carboxylic acids is 1. The molecule has 2 rings (SSSR count). The van der Waals surface area contributed by atoms with Gasteiger partial charge in [0.05, 0.1) is 5.69 Å². The Morgan fingerprint density at radius 3 is 2.85 bits per heavy atom. The lowest BCUT2D eigenvalue weighted by Gasteiger charge is -2.31. The van der Waals surface area contributed by atoms with Gasteiger partial charge in [-0.1, -0.05) is 26.2 Å². The minimum absolute atomic E-state index is 0.487. The number of nitrogens with zero attached hydrogens (tertiary/aromatic N) is 1. The van der Waals surface area contributed by atoms with E-state index in [0.717, 1.165) is 5.13 Å². The van der Waals surface area contributed by atoms with E-state index in [1.165, 1.54) is 43.4 Å². The summed E-state index contributed by atoms with van der Waals surface area (Å²) in [4.78, 5) is 15.8. The number of nitrogens with one attached hydrogen (secondary N) is 1. The number of thiazole rings is 1. The number of rotatable bonds is 5. The Morgan fingerprint density at radius 1 is 1.50 bits per heavy atom. The molecule has 1 heterocycles. The lowest BCUT2D eigenvalue weighted by molar-refractivity contribution is -0.142. The Morgan fingerprint density at radius 2 is 2.20 bits per heavy atom. The molecule has 0 aliphatic heterocycles. The van der Waals surface area contributed by atoms with Crippen molar-refractivity contribution in [3.8, 4) is 0 Å². The van der Waals surface area contributed by atoms with Crippen molar-refractivity contribution in [2.45, 2.75) is 64.3 Å². The van der Waals surface area contributed by atoms with Crippen LogP contribution in [0.3, 0.4) is 0 Å². The Balaban J connectivity index is 2.07. The smallest absolute Gasteiger partial charge is 0.315 e. The van der Waals surface area contributed by atoms with Gasteiger partial charge in [-0.2, -0.15) is 0 Å². The Labute approximate surface area is 124 Å². The first-order valence-electron chi connectivity index (χ1n) is 7.41. The highest BCUT2D eigenvalue weighted by molar-refractivity contribution is 7.13. The van der Waals surface area contributed by atoms with Gasteiger partial charge in [-0.25, -0.2) is 4.98 Å². The predicted molar refractivity (Wildman–Crippen MR) is 82.4 cm³/mol. The van der Waals surface area contributed by atoms with Crippen LogP contribution in [0.2, 0.25) is 0 Å². The number of aliphatic carboxylic acids is 1. The lowest BCUT2D eigenvalue weighted by Crippen LogP contribution is -2.32. The minimum atomic E-state index is -0.923. The number of anilines is 1. The molecule has 2 unspecified atom stereocenters. The molecule has 1 aliphatic carbocycles. The highest BCUT2D eigenvalue weighted by Crippen LogP contribution is 2.32. The summed E-state index contributed by atoms with van der Waals surface area (Å²) in [7, 11) is 0. The zero-order chi connectivity index (χ0) is 14.8. The number of hydrogen-bond donors (Lipinski definition) is 2. The molecule has 0 amide bonds. The van der Waals surface area contributed by atoms with Gasteiger partial charge in [0.1, 0.15) is 5.41 Å². The summed E-state index contributed by atoms with van der Waals surface area (Å²) in [6.45, 7) is 5.64. The summed E-state index contributed by atoms with van der Waals surface area (Å²) < 4.78 is 0. The molecular weight excluding hydrogens is 272 g/mol. The van der Waals surface area contributed by atoms with Gasteiger partial charge < -0.3 is 10.4 Å². The third-order valence-electron chi connectivity index (χ3n) is 4.42. The van der Waals surface area contributed by atoms with Crippen LogP contribution in [0, 0.1) is 5.92 Å². The van der Waals surface area contributed by atoms with Gasteiger partial charge in [-0.15, -0.1) is 11.3 Å². The number of hydrogen-bond acceptors (Lipinski definition) is 4. The zero-order valence-electron chi connectivity index (χ0n) is 12.5. The maximum absolute atomic E-state index is 11.3. The van der Waals surface area contributed by atoms with Crippen LogP contribution in [-0.4, -0.2) is 22.1 Å². The van der Waals surface area contributed by atoms with E-state index in [2.05, 4.69) is 17.2 Å². The Bertz CT molecular complexity index is 470. The lowest BCUT2D eigenvalue weighted by atomic mass is 9.83. The molecule has 0 radical (unpaired) electrons. The van der Waals surface area contributed by atoms with Crippen LogP contribution < -0.4 is 5.32 Å². The fourth-order valence-electron chi connectivity index (χ4n) is 2.78. The van der Waals surface area contributed by atoms with E-state index in [-0.39, 0.29) is 0 Å². The number of aromatic nitrogens is 1. The van der Waals surface area contributed by atoms with Crippen molar-refractivity contribution in [2.75, 3.05) is 5.32 Å². The highest BCUT2D eigenvalue weighted by Gasteiger charge is 2.32. The summed E-state index contributed by atoms with van der Waals surface area (Å²) in [5.74, 6) is -0.123. The first kappa shape index (κ1) is 15.3. The number of carboxylic acid groups (broad SMARTS) is 1. The topological polar surface area (TPSA) is 62.2 Å². The van der Waals surface area contributed by atoms with E-state index in [9.17, 15) is 9.90 Å². The number of carbonyl (C=O) groups is 1. The second-order valence-electron chi connectivity index (χ2n) is 6.17. The first-order chi connectivity index (χ1) is 9.45. The standard InChI is InChI=1S/C15H24N2O2S/c1-4-10-7-5-6-8-11(10)16-14-17-12(9-20-14)15(2,3)13(18)19/h9-11H,4-8H2,1-3H3,(H,16,17)(H,18,19). The molecule has 1 aliphatic rings. The van der Waals surface area contributed by atoms with E-state index < -0.39 is 11.4 Å². The molecule has 1 aromatic heterocycles. The normalized spacial score (nSPS) is 23.6. The van der Waals surface area contributed by atoms with Crippen molar-refractivity contribution in [1.82, 2.24) is 4.98 Å². The molecule has 2 N–H and O–H groups in total. The molecule has 0 bridgehead atoms. The molecule has 2 atom stereocenters. The maximum Gasteiger partial charge on any atom is 0.315 e. The second-order valence-corrected chi connectivity index (χ2v) is 7.03. The second kappa shape index (κ2) is 6.12. The minimum Gasteiger partial charge on any atom is -0.481 e. The molecule has 20 heavy (non-hydrogen) atoms. The van der Waals surface area contributed by atoms with Crippen LogP contribution in [-0.2, 0) is 10.2 Å². The molecule has 112 valence electrons. The highest BCUT2D eigenvalue weighted by atomic mass is 32.1. The molecular formula is C15H24N2O2S. The summed E-state index contributed by atoms with van der Waals surface area (Å²) in [5, 5.41) is 15.5. The van der Waals surface area contributed by atoms with Crippen LogP contribution in [0.15, 0.2) is 5.38 Å². The predicted octanol–water partition coefficient (Wildman–Crippen LogP) is 3.89. The Kier molecular flexibility index (Phi) is 4.68. The fraction of sp³-hybridized carbons (Fsp3) is 0.733. The van der Waals surface area contributed by atoms with Crippen molar-refractivity contribution in [3.63, 3.8) is 0 Å². The SMILES string of the molecule is CCC1CCCCC1Nc1nc(C(C)(C)C(=O)O)cs1. The van der Waals surface area contributed by atoms with E-state index in [4.69, 9.17) is 0 Å². The van der Waals surface area contributed by atoms with Crippen LogP contribution in [0.5, 0.6) is 0 Å². The molecule has 1 saturated carbocycles. The Hall–Kier alpha value is -1.10. The van der Waals surface area contributed by atoms with Crippen LogP contribution in [0.1, 0.15) is 58.6 Å². The fourth-order valence-corrected chi connectivity index (χ4v) is 3.72. The monoisotopic (exact) mass is 296 g/mol. The molecule has 5 heteroatoms. The van der Waals surface area contributed by atoms with Gasteiger partial charge in [-0.3, -0.25) is 4.79 Å². The molecule has 0 aromatic carbocycles. The maximum atomic E-state index is 11.3. The van der Waals surface area contributed by atoms with E-state index >= 15 is 0 Å². The third kappa shape index (κ3) is 3.14. The van der Waals surface area contributed by atoms with Gasteiger partial charge in [0.2, 0.25) is 0 Å². The third-order valence-corrected chi connectivity index (χ3v) is 5.20. The van der Waals surface area contributed by atoms with Crippen LogP contribution in [0.25, 0.3) is 0 Å². The van der Waals surface area contributed by atoms with Gasteiger partial charge in [0.15, 0.2) is 5.13 Å². The van der Waals surface area contributed by atoms with E-state index in [1.54, 1.807) is 13.8 Å². The van der Waals surface area contributed by atoms with Crippen molar-refractivity contribution in [2.24, 2.45) is 5.92 Å². The largest absolute Gasteiger partial charge is 0.481 e. The van der Waals surface area contributed by atoms with Crippen molar-refractivity contribution < 1.29 is 9.90 Å². The quantitative estimate of drug-likeness (QED) is 0.865. The van der Waals surface area contributed by atoms with E-state index in [0.29, 0.717) is 17.7 Å².